The van der Waals surface area contributed by atoms with Crippen LogP contribution in [0.5, 0.6) is 0 Å². The van der Waals surface area contributed by atoms with Crippen molar-refractivity contribution in [2.75, 3.05) is 0 Å². The summed E-state index contributed by atoms with van der Waals surface area (Å²) in [6.07, 6.45) is 2.26. The zero-order chi connectivity index (χ0) is 11.0. The van der Waals surface area contributed by atoms with E-state index in [9.17, 15) is 4.79 Å². The normalized spacial score (nSPS) is 10.9. The van der Waals surface area contributed by atoms with Gasteiger partial charge < -0.3 is 0 Å². The fourth-order valence-electron chi connectivity index (χ4n) is 1.58. The molecule has 15 heavy (non-hydrogen) atoms. The summed E-state index contributed by atoms with van der Waals surface area (Å²) in [5.74, 6) is 0. The van der Waals surface area contributed by atoms with Gasteiger partial charge in [-0.3, -0.25) is 4.79 Å². The van der Waals surface area contributed by atoms with Crippen LogP contribution >= 0.6 is 11.6 Å². The molecule has 0 radical (unpaired) electrons. The van der Waals surface area contributed by atoms with E-state index < -0.39 is 0 Å². The van der Waals surface area contributed by atoms with Crippen molar-refractivity contribution in [3.05, 3.63) is 38.9 Å². The minimum Gasteiger partial charge on any atom is -0.267 e. The van der Waals surface area contributed by atoms with Crippen molar-refractivity contribution in [3.8, 4) is 0 Å². The highest BCUT2D eigenvalue weighted by Crippen LogP contribution is 2.19. The van der Waals surface area contributed by atoms with E-state index >= 15 is 0 Å². The largest absolute Gasteiger partial charge is 0.274 e. The molecule has 2 heterocycles. The van der Waals surface area contributed by atoms with E-state index in [0.717, 1.165) is 17.5 Å². The van der Waals surface area contributed by atoms with Crippen LogP contribution < -0.4 is 5.56 Å². The Morgan fingerprint density at radius 2 is 2.27 bits per heavy atom. The molecule has 0 bridgehead atoms. The summed E-state index contributed by atoms with van der Waals surface area (Å²) in [7, 11) is 0. The lowest BCUT2D eigenvalue weighted by Crippen LogP contribution is -2.18. The monoisotopic (exact) mass is 223 g/mol. The van der Waals surface area contributed by atoms with Gasteiger partial charge >= 0.3 is 0 Å². The van der Waals surface area contributed by atoms with E-state index in [2.05, 4.69) is 10.1 Å². The van der Waals surface area contributed by atoms with E-state index in [1.54, 1.807) is 0 Å². The summed E-state index contributed by atoms with van der Waals surface area (Å²) in [5, 5.41) is 4.35. The average molecular weight is 224 g/mol. The quantitative estimate of drug-likeness (QED) is 0.738. The molecule has 5 heteroatoms. The van der Waals surface area contributed by atoms with Crippen molar-refractivity contribution in [2.24, 2.45) is 0 Å². The molecule has 4 nitrogen and oxygen atoms in total. The van der Waals surface area contributed by atoms with Gasteiger partial charge in [-0.15, -0.1) is 0 Å². The Labute approximate surface area is 91.5 Å². The van der Waals surface area contributed by atoms with E-state index in [4.69, 9.17) is 11.6 Å². The first-order chi connectivity index (χ1) is 7.15. The van der Waals surface area contributed by atoms with Gasteiger partial charge in [0.15, 0.2) is 10.8 Å². The molecule has 78 valence electrons. The lowest BCUT2D eigenvalue weighted by atomic mass is 10.1. The van der Waals surface area contributed by atoms with Crippen LogP contribution in [0.25, 0.3) is 5.65 Å². The molecule has 0 N–H and O–H groups in total. The molecular weight excluding hydrogens is 214 g/mol. The highest BCUT2D eigenvalue weighted by molar-refractivity contribution is 6.30. The average Bonchev–Trinajstić information content (AvgIpc) is 2.22. The van der Waals surface area contributed by atoms with Crippen molar-refractivity contribution in [1.29, 1.82) is 0 Å². The van der Waals surface area contributed by atoms with Crippen LogP contribution in [0.3, 0.4) is 0 Å². The molecule has 0 fully saturated rings. The summed E-state index contributed by atoms with van der Waals surface area (Å²) in [6.45, 7) is 3.88. The Morgan fingerprint density at radius 3 is 2.93 bits per heavy atom. The Hall–Kier alpha value is -1.42. The molecule has 0 amide bonds. The summed E-state index contributed by atoms with van der Waals surface area (Å²) >= 11 is 5.94. The standard InChI is InChI=1S/C10H10ClN3O/c1-3-7-6(2)9(11)13-14-8(15)4-5-12-10(7)14/h4-5H,3H2,1-2H3. The molecule has 0 aromatic carbocycles. The topological polar surface area (TPSA) is 47.3 Å². The predicted octanol–water partition coefficient (Wildman–Crippen LogP) is 1.61. The van der Waals surface area contributed by atoms with Crippen molar-refractivity contribution >= 4 is 17.2 Å². The molecule has 0 saturated carbocycles. The lowest BCUT2D eigenvalue weighted by Gasteiger charge is -2.08. The van der Waals surface area contributed by atoms with Gasteiger partial charge in [0.1, 0.15) is 0 Å². The van der Waals surface area contributed by atoms with Gasteiger partial charge in [0.05, 0.1) is 0 Å². The van der Waals surface area contributed by atoms with Crippen LogP contribution in [0.15, 0.2) is 17.1 Å². The first kappa shape index (κ1) is 10.1. The third kappa shape index (κ3) is 1.51. The highest BCUT2D eigenvalue weighted by Gasteiger charge is 2.10. The third-order valence-electron chi connectivity index (χ3n) is 2.40. The highest BCUT2D eigenvalue weighted by atomic mass is 35.5. The Kier molecular flexibility index (Phi) is 2.44. The number of halogens is 1. The van der Waals surface area contributed by atoms with E-state index in [1.165, 1.54) is 16.8 Å². The maximum Gasteiger partial charge on any atom is 0.274 e. The number of hydrogen-bond donors (Lipinski definition) is 0. The fourth-order valence-corrected chi connectivity index (χ4v) is 1.77. The maximum absolute atomic E-state index is 11.5. The molecule has 0 aliphatic heterocycles. The predicted molar refractivity (Wildman–Crippen MR) is 58.4 cm³/mol. The first-order valence-electron chi connectivity index (χ1n) is 4.68. The van der Waals surface area contributed by atoms with Crippen molar-refractivity contribution in [3.63, 3.8) is 0 Å². The summed E-state index contributed by atoms with van der Waals surface area (Å²) < 4.78 is 1.24. The third-order valence-corrected chi connectivity index (χ3v) is 2.76. The number of aryl methyl sites for hydroxylation is 1. The van der Waals surface area contributed by atoms with Crippen molar-refractivity contribution in [2.45, 2.75) is 20.3 Å². The molecule has 2 aromatic heterocycles. The van der Waals surface area contributed by atoms with Gasteiger partial charge in [0.25, 0.3) is 5.56 Å². The molecule has 2 rings (SSSR count). The molecular formula is C10H10ClN3O. The minimum atomic E-state index is -0.211. The number of hydrogen-bond acceptors (Lipinski definition) is 3. The molecule has 0 aliphatic rings. The maximum atomic E-state index is 11.5. The van der Waals surface area contributed by atoms with Crippen LogP contribution in [0.2, 0.25) is 5.15 Å². The summed E-state index contributed by atoms with van der Waals surface area (Å²) in [6, 6.07) is 1.37. The van der Waals surface area contributed by atoms with Gasteiger partial charge in [-0.25, -0.2) is 4.98 Å². The van der Waals surface area contributed by atoms with Crippen molar-refractivity contribution in [1.82, 2.24) is 14.6 Å². The fraction of sp³-hybridized carbons (Fsp3) is 0.300. The van der Waals surface area contributed by atoms with Gasteiger partial charge in [-0.1, -0.05) is 18.5 Å². The molecule has 2 aromatic rings. The van der Waals surface area contributed by atoms with E-state index in [1.807, 2.05) is 13.8 Å². The van der Waals surface area contributed by atoms with Crippen LogP contribution in [0.1, 0.15) is 18.1 Å². The van der Waals surface area contributed by atoms with Crippen LogP contribution in [0, 0.1) is 6.92 Å². The Bertz CT molecular complexity index is 577. The number of fused-ring (bicyclic) bond motifs is 1. The van der Waals surface area contributed by atoms with Gasteiger partial charge in [0, 0.05) is 17.8 Å². The van der Waals surface area contributed by atoms with Crippen LogP contribution in [-0.2, 0) is 6.42 Å². The lowest BCUT2D eigenvalue weighted by molar-refractivity contribution is 0.842. The van der Waals surface area contributed by atoms with Gasteiger partial charge in [-0.2, -0.15) is 9.61 Å². The summed E-state index contributed by atoms with van der Waals surface area (Å²) in [5.41, 5.74) is 2.23. The van der Waals surface area contributed by atoms with Gasteiger partial charge in [-0.05, 0) is 18.9 Å². The number of rotatable bonds is 1. The number of nitrogens with zero attached hydrogens (tertiary/aromatic N) is 3. The van der Waals surface area contributed by atoms with Crippen molar-refractivity contribution < 1.29 is 0 Å². The molecule has 0 unspecified atom stereocenters. The smallest absolute Gasteiger partial charge is 0.267 e. The second kappa shape index (κ2) is 3.62. The van der Waals surface area contributed by atoms with Gasteiger partial charge in [0.2, 0.25) is 0 Å². The zero-order valence-corrected chi connectivity index (χ0v) is 9.25. The molecule has 0 saturated heterocycles. The van der Waals surface area contributed by atoms with E-state index in [-0.39, 0.29) is 5.56 Å². The number of aromatic nitrogens is 3. The van der Waals surface area contributed by atoms with E-state index in [0.29, 0.717) is 10.8 Å². The molecule has 0 spiro atoms. The molecule has 0 atom stereocenters. The first-order valence-corrected chi connectivity index (χ1v) is 5.06. The Balaban J connectivity index is 3.01. The van der Waals surface area contributed by atoms with Crippen LogP contribution in [0.4, 0.5) is 0 Å². The second-order valence-corrected chi connectivity index (χ2v) is 3.62. The SMILES string of the molecule is CCc1c(C)c(Cl)nn2c(=O)ccnc12. The second-order valence-electron chi connectivity index (χ2n) is 3.27. The molecule has 0 aliphatic carbocycles. The zero-order valence-electron chi connectivity index (χ0n) is 8.49. The summed E-state index contributed by atoms with van der Waals surface area (Å²) in [4.78, 5) is 15.7. The minimum absolute atomic E-state index is 0.211. The van der Waals surface area contributed by atoms with Crippen LogP contribution in [-0.4, -0.2) is 14.6 Å². The Morgan fingerprint density at radius 1 is 1.53 bits per heavy atom.